The van der Waals surface area contributed by atoms with Crippen molar-refractivity contribution in [3.8, 4) is 5.75 Å². The molecule has 128 valence electrons. The molecule has 1 aliphatic rings. The second-order valence-electron chi connectivity index (χ2n) is 8.08. The maximum atomic E-state index is 6.56. The third-order valence-corrected chi connectivity index (χ3v) is 5.67. The highest BCUT2D eigenvalue weighted by atomic mass is 16.5. The largest absolute Gasteiger partial charge is 0.489 e. The van der Waals surface area contributed by atoms with Crippen LogP contribution in [0.2, 0.25) is 0 Å². The monoisotopic (exact) mass is 314 g/mol. The molecule has 1 aromatic rings. The van der Waals surface area contributed by atoms with Gasteiger partial charge in [-0.2, -0.15) is 0 Å². The summed E-state index contributed by atoms with van der Waals surface area (Å²) in [6, 6.07) is 2.37. The van der Waals surface area contributed by atoms with Crippen molar-refractivity contribution < 1.29 is 4.74 Å². The quantitative estimate of drug-likeness (QED) is 0.604. The molecule has 0 unspecified atom stereocenters. The standard InChI is InChI=1S/C22H34O/c1-12(2)19-10-14(5)16(7)18(9)23-22-17(8)15(6)11-20(13(3)4)21(19)22/h10-14,16,18H,1-9H3/b19-10-/t14-,16-,18-/m1/s1. The Morgan fingerprint density at radius 3 is 2.09 bits per heavy atom. The van der Waals surface area contributed by atoms with Crippen LogP contribution in [0.5, 0.6) is 5.75 Å². The van der Waals surface area contributed by atoms with Crippen LogP contribution in [0.3, 0.4) is 0 Å². The molecule has 0 bridgehead atoms. The Morgan fingerprint density at radius 2 is 1.57 bits per heavy atom. The first kappa shape index (κ1) is 18.1. The fourth-order valence-corrected chi connectivity index (χ4v) is 3.53. The predicted octanol–water partition coefficient (Wildman–Crippen LogP) is 6.52. The Hall–Kier alpha value is -1.24. The summed E-state index contributed by atoms with van der Waals surface area (Å²) in [7, 11) is 0. The van der Waals surface area contributed by atoms with Gasteiger partial charge in [0.2, 0.25) is 0 Å². The van der Waals surface area contributed by atoms with Gasteiger partial charge < -0.3 is 4.74 Å². The van der Waals surface area contributed by atoms with Gasteiger partial charge in [-0.15, -0.1) is 0 Å². The van der Waals surface area contributed by atoms with Crippen molar-refractivity contribution in [3.05, 3.63) is 34.4 Å². The van der Waals surface area contributed by atoms with Crippen LogP contribution in [0, 0.1) is 31.6 Å². The highest BCUT2D eigenvalue weighted by Gasteiger charge is 2.29. The maximum Gasteiger partial charge on any atom is 0.130 e. The molecule has 0 saturated heterocycles. The summed E-state index contributed by atoms with van der Waals surface area (Å²) >= 11 is 0. The van der Waals surface area contributed by atoms with Gasteiger partial charge in [0.25, 0.3) is 0 Å². The zero-order chi connectivity index (χ0) is 17.5. The number of rotatable bonds is 2. The van der Waals surface area contributed by atoms with Crippen molar-refractivity contribution >= 4 is 5.57 Å². The summed E-state index contributed by atoms with van der Waals surface area (Å²) in [6.45, 7) is 20.5. The Balaban J connectivity index is 2.84. The average molecular weight is 315 g/mol. The third-order valence-electron chi connectivity index (χ3n) is 5.67. The molecule has 3 atom stereocenters. The Bertz CT molecular complexity index is 607. The molecule has 0 radical (unpaired) electrons. The van der Waals surface area contributed by atoms with Crippen LogP contribution in [0.1, 0.15) is 76.6 Å². The van der Waals surface area contributed by atoms with E-state index in [-0.39, 0.29) is 6.10 Å². The van der Waals surface area contributed by atoms with E-state index < -0.39 is 0 Å². The van der Waals surface area contributed by atoms with Crippen molar-refractivity contribution in [1.29, 1.82) is 0 Å². The minimum absolute atomic E-state index is 0.231. The number of benzene rings is 1. The molecule has 0 saturated carbocycles. The maximum absolute atomic E-state index is 6.56. The third kappa shape index (κ3) is 3.34. The number of aryl methyl sites for hydroxylation is 1. The fraction of sp³-hybridized carbons (Fsp3) is 0.636. The molecule has 1 nitrogen and oxygen atoms in total. The fourth-order valence-electron chi connectivity index (χ4n) is 3.53. The van der Waals surface area contributed by atoms with Gasteiger partial charge in [0, 0.05) is 5.56 Å². The molecule has 0 aliphatic carbocycles. The lowest BCUT2D eigenvalue weighted by Crippen LogP contribution is -2.29. The minimum Gasteiger partial charge on any atom is -0.489 e. The van der Waals surface area contributed by atoms with Crippen molar-refractivity contribution in [2.24, 2.45) is 17.8 Å². The van der Waals surface area contributed by atoms with E-state index in [0.29, 0.717) is 23.7 Å². The summed E-state index contributed by atoms with van der Waals surface area (Å²) in [6.07, 6.45) is 2.74. The molecule has 2 rings (SSSR count). The highest BCUT2D eigenvalue weighted by Crippen LogP contribution is 2.44. The van der Waals surface area contributed by atoms with Gasteiger partial charge >= 0.3 is 0 Å². The minimum atomic E-state index is 0.231. The van der Waals surface area contributed by atoms with Crippen LogP contribution in [0.15, 0.2) is 12.1 Å². The number of hydrogen-bond donors (Lipinski definition) is 0. The van der Waals surface area contributed by atoms with Gasteiger partial charge in [-0.1, -0.05) is 53.7 Å². The van der Waals surface area contributed by atoms with Gasteiger partial charge in [-0.05, 0) is 66.7 Å². The average Bonchev–Trinajstić information content (AvgIpc) is 2.47. The van der Waals surface area contributed by atoms with E-state index >= 15 is 0 Å². The number of fused-ring (bicyclic) bond motifs is 1. The van der Waals surface area contributed by atoms with E-state index in [1.807, 2.05) is 0 Å². The zero-order valence-corrected chi connectivity index (χ0v) is 16.4. The lowest BCUT2D eigenvalue weighted by atomic mass is 9.79. The Labute approximate surface area is 143 Å². The normalized spacial score (nSPS) is 27.1. The first-order chi connectivity index (χ1) is 10.6. The molecule has 0 spiro atoms. The highest BCUT2D eigenvalue weighted by molar-refractivity contribution is 5.77. The molecule has 0 aromatic heterocycles. The van der Waals surface area contributed by atoms with Gasteiger partial charge in [-0.3, -0.25) is 0 Å². The first-order valence-electron chi connectivity index (χ1n) is 9.17. The molecule has 0 fully saturated rings. The zero-order valence-electron chi connectivity index (χ0n) is 16.4. The molecule has 1 aromatic carbocycles. The van der Waals surface area contributed by atoms with Crippen LogP contribution >= 0.6 is 0 Å². The summed E-state index contributed by atoms with van der Waals surface area (Å²) in [4.78, 5) is 0. The smallest absolute Gasteiger partial charge is 0.130 e. The van der Waals surface area contributed by atoms with E-state index in [4.69, 9.17) is 4.74 Å². The lowest BCUT2D eigenvalue weighted by Gasteiger charge is -2.34. The molecule has 0 amide bonds. The van der Waals surface area contributed by atoms with Crippen molar-refractivity contribution in [2.75, 3.05) is 0 Å². The van der Waals surface area contributed by atoms with Crippen LogP contribution in [-0.2, 0) is 0 Å². The molecule has 1 heterocycles. The van der Waals surface area contributed by atoms with Gasteiger partial charge in [0.1, 0.15) is 5.75 Å². The van der Waals surface area contributed by atoms with Gasteiger partial charge in [0.05, 0.1) is 6.10 Å². The lowest BCUT2D eigenvalue weighted by molar-refractivity contribution is 0.136. The van der Waals surface area contributed by atoms with Crippen LogP contribution < -0.4 is 4.74 Å². The van der Waals surface area contributed by atoms with Crippen molar-refractivity contribution in [2.45, 2.75) is 74.3 Å². The van der Waals surface area contributed by atoms with Crippen LogP contribution in [-0.4, -0.2) is 6.10 Å². The first-order valence-corrected chi connectivity index (χ1v) is 9.17. The predicted molar refractivity (Wildman–Crippen MR) is 101 cm³/mol. The van der Waals surface area contributed by atoms with E-state index in [2.05, 4.69) is 74.5 Å². The van der Waals surface area contributed by atoms with Crippen LogP contribution in [0.4, 0.5) is 0 Å². The number of allylic oxidation sites excluding steroid dienone is 2. The topological polar surface area (TPSA) is 9.23 Å². The molecule has 23 heavy (non-hydrogen) atoms. The van der Waals surface area contributed by atoms with Crippen molar-refractivity contribution in [1.82, 2.24) is 0 Å². The number of ether oxygens (including phenoxy) is 1. The molecule has 0 N–H and O–H groups in total. The second kappa shape index (κ2) is 6.71. The summed E-state index contributed by atoms with van der Waals surface area (Å²) in [5.74, 6) is 3.16. The summed E-state index contributed by atoms with van der Waals surface area (Å²) in [5, 5.41) is 0. The van der Waals surface area contributed by atoms with Gasteiger partial charge in [0.15, 0.2) is 0 Å². The Kier molecular flexibility index (Phi) is 5.28. The molecule has 1 aliphatic heterocycles. The van der Waals surface area contributed by atoms with Crippen LogP contribution in [0.25, 0.3) is 5.57 Å². The summed E-state index contributed by atoms with van der Waals surface area (Å²) < 4.78 is 6.56. The Morgan fingerprint density at radius 1 is 0.957 bits per heavy atom. The van der Waals surface area contributed by atoms with E-state index in [1.165, 1.54) is 27.8 Å². The van der Waals surface area contributed by atoms with E-state index in [9.17, 15) is 0 Å². The summed E-state index contributed by atoms with van der Waals surface area (Å²) in [5.41, 5.74) is 6.88. The molecular weight excluding hydrogens is 280 g/mol. The van der Waals surface area contributed by atoms with Crippen molar-refractivity contribution in [3.63, 3.8) is 0 Å². The van der Waals surface area contributed by atoms with E-state index in [1.54, 1.807) is 0 Å². The number of hydrogen-bond acceptors (Lipinski definition) is 1. The van der Waals surface area contributed by atoms with Gasteiger partial charge in [-0.25, -0.2) is 0 Å². The SMILES string of the molecule is Cc1cc(C(C)C)c2c(c1C)O[C@H](C)[C@H](C)[C@H](C)/C=C\2C(C)C. The molecular formula is C22H34O. The van der Waals surface area contributed by atoms with E-state index in [0.717, 1.165) is 5.75 Å². The molecule has 1 heteroatoms. The second-order valence-corrected chi connectivity index (χ2v) is 8.08.